The molecule has 0 radical (unpaired) electrons. The number of rotatable bonds is 0. The number of benzene rings is 2. The van der Waals surface area contributed by atoms with Crippen LogP contribution < -0.4 is 5.63 Å². The van der Waals surface area contributed by atoms with E-state index in [1.807, 2.05) is 51.1 Å². The van der Waals surface area contributed by atoms with Crippen molar-refractivity contribution in [3.05, 3.63) is 74.8 Å². The minimum atomic E-state index is -0.374. The SMILES string of the molecule is Cc1ccc2c(=O)onc(C)c2c1.Cc1ccc2c(c1)COC2=O. The highest BCUT2D eigenvalue weighted by Gasteiger charge is 2.19. The number of fused-ring (bicyclic) bond motifs is 2. The van der Waals surface area contributed by atoms with E-state index in [1.54, 1.807) is 6.07 Å². The summed E-state index contributed by atoms with van der Waals surface area (Å²) in [6, 6.07) is 11.3. The van der Waals surface area contributed by atoms with E-state index >= 15 is 0 Å². The van der Waals surface area contributed by atoms with Gasteiger partial charge in [0.15, 0.2) is 0 Å². The number of carbonyl (C=O) groups excluding carboxylic acids is 1. The Balaban J connectivity index is 0.000000143. The topological polar surface area (TPSA) is 69.4 Å². The molecule has 0 N–H and O–H groups in total. The molecule has 3 aromatic rings. The molecule has 4 rings (SSSR count). The van der Waals surface area contributed by atoms with Crippen molar-refractivity contribution >= 4 is 16.7 Å². The fraction of sp³-hybridized carbons (Fsp3) is 0.211. The molecule has 0 bridgehead atoms. The summed E-state index contributed by atoms with van der Waals surface area (Å²) in [6.07, 6.45) is 0. The minimum Gasteiger partial charge on any atom is -0.457 e. The molecule has 2 aromatic carbocycles. The van der Waals surface area contributed by atoms with Crippen LogP contribution >= 0.6 is 0 Å². The molecule has 0 aliphatic carbocycles. The molecule has 0 spiro atoms. The lowest BCUT2D eigenvalue weighted by atomic mass is 10.1. The molecular formula is C19H17NO4. The molecule has 0 unspecified atom stereocenters. The minimum absolute atomic E-state index is 0.194. The highest BCUT2D eigenvalue weighted by molar-refractivity contribution is 5.93. The van der Waals surface area contributed by atoms with Crippen LogP contribution in [0.1, 0.15) is 32.7 Å². The van der Waals surface area contributed by atoms with Gasteiger partial charge in [0.05, 0.1) is 16.6 Å². The lowest BCUT2D eigenvalue weighted by Crippen LogP contribution is -2.02. The van der Waals surface area contributed by atoms with Gasteiger partial charge in [-0.05, 0) is 39.0 Å². The Bertz CT molecular complexity index is 988. The van der Waals surface area contributed by atoms with Gasteiger partial charge in [0.1, 0.15) is 6.61 Å². The van der Waals surface area contributed by atoms with Gasteiger partial charge in [-0.15, -0.1) is 0 Å². The average Bonchev–Trinajstić information content (AvgIpc) is 2.92. The number of aromatic nitrogens is 1. The fourth-order valence-corrected chi connectivity index (χ4v) is 2.61. The van der Waals surface area contributed by atoms with Crippen molar-refractivity contribution in [2.24, 2.45) is 0 Å². The predicted octanol–water partition coefficient (Wildman–Crippen LogP) is 3.47. The van der Waals surface area contributed by atoms with Crippen LogP contribution in [0.5, 0.6) is 0 Å². The van der Waals surface area contributed by atoms with Crippen molar-refractivity contribution in [2.45, 2.75) is 27.4 Å². The maximum absolute atomic E-state index is 11.2. The van der Waals surface area contributed by atoms with Crippen LogP contribution in [0.4, 0.5) is 0 Å². The van der Waals surface area contributed by atoms with E-state index < -0.39 is 0 Å². The number of hydrogen-bond donors (Lipinski definition) is 0. The molecule has 122 valence electrons. The Kier molecular flexibility index (Phi) is 4.16. The lowest BCUT2D eigenvalue weighted by Gasteiger charge is -1.98. The Labute approximate surface area is 138 Å². The van der Waals surface area contributed by atoms with Crippen molar-refractivity contribution in [2.75, 3.05) is 0 Å². The van der Waals surface area contributed by atoms with Gasteiger partial charge in [0.2, 0.25) is 0 Å². The highest BCUT2D eigenvalue weighted by Crippen LogP contribution is 2.20. The Morgan fingerprint density at radius 3 is 2.42 bits per heavy atom. The number of esters is 1. The molecule has 1 aliphatic rings. The molecule has 1 aromatic heterocycles. The monoisotopic (exact) mass is 323 g/mol. The summed E-state index contributed by atoms with van der Waals surface area (Å²) in [4.78, 5) is 22.2. The summed E-state index contributed by atoms with van der Waals surface area (Å²) in [6.45, 7) is 6.25. The summed E-state index contributed by atoms with van der Waals surface area (Å²) in [5.74, 6) is -0.194. The molecule has 5 nitrogen and oxygen atoms in total. The van der Waals surface area contributed by atoms with Crippen LogP contribution in [0, 0.1) is 20.8 Å². The number of nitrogens with zero attached hydrogens (tertiary/aromatic N) is 1. The molecule has 0 atom stereocenters. The van der Waals surface area contributed by atoms with Crippen molar-refractivity contribution < 1.29 is 14.1 Å². The summed E-state index contributed by atoms with van der Waals surface area (Å²) >= 11 is 0. The summed E-state index contributed by atoms with van der Waals surface area (Å²) in [5, 5.41) is 5.13. The second-order valence-corrected chi connectivity index (χ2v) is 5.84. The summed E-state index contributed by atoms with van der Waals surface area (Å²) in [5.41, 5.74) is 4.38. The van der Waals surface area contributed by atoms with Gasteiger partial charge in [-0.2, -0.15) is 0 Å². The average molecular weight is 323 g/mol. The normalized spacial score (nSPS) is 12.4. The molecule has 1 aliphatic heterocycles. The van der Waals surface area contributed by atoms with Crippen LogP contribution in [0.15, 0.2) is 45.7 Å². The second kappa shape index (κ2) is 6.28. The molecule has 0 fully saturated rings. The third-order valence-corrected chi connectivity index (χ3v) is 3.89. The van der Waals surface area contributed by atoms with Gasteiger partial charge >= 0.3 is 11.6 Å². The molecule has 0 saturated heterocycles. The third kappa shape index (κ3) is 3.06. The van der Waals surface area contributed by atoms with E-state index in [4.69, 9.17) is 4.74 Å². The van der Waals surface area contributed by atoms with Crippen molar-refractivity contribution in [3.63, 3.8) is 0 Å². The zero-order chi connectivity index (χ0) is 17.3. The van der Waals surface area contributed by atoms with E-state index in [9.17, 15) is 9.59 Å². The van der Waals surface area contributed by atoms with Gasteiger partial charge in [0.25, 0.3) is 0 Å². The highest BCUT2D eigenvalue weighted by atomic mass is 16.5. The Hall–Kier alpha value is -2.95. The third-order valence-electron chi connectivity index (χ3n) is 3.89. The Morgan fingerprint density at radius 1 is 0.917 bits per heavy atom. The molecule has 24 heavy (non-hydrogen) atoms. The first-order valence-corrected chi connectivity index (χ1v) is 7.59. The Morgan fingerprint density at radius 2 is 1.62 bits per heavy atom. The molecule has 0 saturated carbocycles. The summed E-state index contributed by atoms with van der Waals surface area (Å²) in [7, 11) is 0. The van der Waals surface area contributed by atoms with Gasteiger partial charge in [-0.1, -0.05) is 34.5 Å². The van der Waals surface area contributed by atoms with Gasteiger partial charge in [0, 0.05) is 10.9 Å². The number of carbonyl (C=O) groups is 1. The molecule has 0 amide bonds. The van der Waals surface area contributed by atoms with Crippen LogP contribution in [0.3, 0.4) is 0 Å². The maximum atomic E-state index is 11.2. The molecule has 5 heteroatoms. The largest absolute Gasteiger partial charge is 0.457 e. The van der Waals surface area contributed by atoms with Crippen LogP contribution in [0.25, 0.3) is 10.8 Å². The fourth-order valence-electron chi connectivity index (χ4n) is 2.61. The number of ether oxygens (including phenoxy) is 1. The van der Waals surface area contributed by atoms with Crippen molar-refractivity contribution in [1.82, 2.24) is 5.16 Å². The number of aryl methyl sites for hydroxylation is 3. The first kappa shape index (κ1) is 15.9. The van der Waals surface area contributed by atoms with Gasteiger partial charge < -0.3 is 9.26 Å². The van der Waals surface area contributed by atoms with E-state index in [2.05, 4.69) is 9.68 Å². The number of hydrogen-bond acceptors (Lipinski definition) is 5. The zero-order valence-corrected chi connectivity index (χ0v) is 13.8. The first-order chi connectivity index (χ1) is 11.5. The standard InChI is InChI=1S/C10H9NO2.C9H8O2/c1-6-3-4-8-9(5-6)7(2)11-13-10(8)12;1-6-2-3-8-7(4-6)5-11-9(8)10/h3-5H,1-2H3;2-4H,5H2,1H3. The van der Waals surface area contributed by atoms with Crippen LogP contribution in [0.2, 0.25) is 0 Å². The quantitative estimate of drug-likeness (QED) is 0.593. The predicted molar refractivity (Wildman–Crippen MR) is 90.1 cm³/mol. The van der Waals surface area contributed by atoms with E-state index in [0.29, 0.717) is 12.0 Å². The molecule has 2 heterocycles. The van der Waals surface area contributed by atoms with Gasteiger partial charge in [-0.25, -0.2) is 9.59 Å². The van der Waals surface area contributed by atoms with Crippen LogP contribution in [-0.2, 0) is 11.3 Å². The smallest absolute Gasteiger partial charge is 0.366 e. The lowest BCUT2D eigenvalue weighted by molar-refractivity contribution is 0.0535. The van der Waals surface area contributed by atoms with E-state index in [1.165, 1.54) is 5.56 Å². The number of cyclic esters (lactones) is 1. The van der Waals surface area contributed by atoms with Crippen molar-refractivity contribution in [1.29, 1.82) is 0 Å². The summed E-state index contributed by atoms with van der Waals surface area (Å²) < 4.78 is 9.44. The molecular weight excluding hydrogens is 306 g/mol. The van der Waals surface area contributed by atoms with Crippen molar-refractivity contribution in [3.8, 4) is 0 Å². The maximum Gasteiger partial charge on any atom is 0.366 e. The zero-order valence-electron chi connectivity index (χ0n) is 13.8. The second-order valence-electron chi connectivity index (χ2n) is 5.84. The van der Waals surface area contributed by atoms with E-state index in [0.717, 1.165) is 27.8 Å². The first-order valence-electron chi connectivity index (χ1n) is 7.59. The van der Waals surface area contributed by atoms with E-state index in [-0.39, 0.29) is 11.6 Å². The van der Waals surface area contributed by atoms with Crippen LogP contribution in [-0.4, -0.2) is 11.1 Å². The van der Waals surface area contributed by atoms with Gasteiger partial charge in [-0.3, -0.25) is 0 Å².